The number of alkyl halides is 3. The molecule has 0 saturated carbocycles. The molecule has 1 aromatic rings. The number of rotatable bonds is 2. The van der Waals surface area contributed by atoms with Crippen molar-refractivity contribution in [3.05, 3.63) is 17.7 Å². The Morgan fingerprint density at radius 3 is 2.47 bits per heavy atom. The molecule has 0 atom stereocenters. The zero-order valence-electron chi connectivity index (χ0n) is 11.6. The average Bonchev–Trinajstić information content (AvgIpc) is 2.67. The second-order valence-corrected chi connectivity index (χ2v) is 6.32. The standard InChI is InChI=1S/C13H20F3N3/c1-12(2,3)4-5-18-6-7-19-8-10(13(14,15)16)17-11(19)9-18/h8H,4-7,9H2,1-3H3. The van der Waals surface area contributed by atoms with E-state index in [-0.39, 0.29) is 5.41 Å². The molecule has 0 bridgehead atoms. The first-order valence-electron chi connectivity index (χ1n) is 6.51. The second kappa shape index (κ2) is 4.81. The van der Waals surface area contributed by atoms with Crippen LogP contribution in [0.2, 0.25) is 0 Å². The van der Waals surface area contributed by atoms with Crippen LogP contribution in [0.4, 0.5) is 13.2 Å². The smallest absolute Gasteiger partial charge is 0.332 e. The molecular weight excluding hydrogens is 255 g/mol. The van der Waals surface area contributed by atoms with E-state index in [1.807, 2.05) is 0 Å². The quantitative estimate of drug-likeness (QED) is 0.826. The van der Waals surface area contributed by atoms with Gasteiger partial charge in [0.1, 0.15) is 5.82 Å². The first-order valence-corrected chi connectivity index (χ1v) is 6.51. The molecule has 3 nitrogen and oxygen atoms in total. The summed E-state index contributed by atoms with van der Waals surface area (Å²) >= 11 is 0. The maximum atomic E-state index is 12.6. The average molecular weight is 275 g/mol. The number of hydrogen-bond donors (Lipinski definition) is 0. The second-order valence-electron chi connectivity index (χ2n) is 6.32. The van der Waals surface area contributed by atoms with Crippen LogP contribution in [-0.2, 0) is 19.3 Å². The summed E-state index contributed by atoms with van der Waals surface area (Å²) in [7, 11) is 0. The van der Waals surface area contributed by atoms with Crippen LogP contribution in [0.15, 0.2) is 6.20 Å². The molecule has 2 rings (SSSR count). The normalized spacial score (nSPS) is 17.6. The van der Waals surface area contributed by atoms with E-state index in [0.29, 0.717) is 18.9 Å². The fraction of sp³-hybridized carbons (Fsp3) is 0.769. The molecule has 1 aromatic heterocycles. The lowest BCUT2D eigenvalue weighted by atomic mass is 9.92. The van der Waals surface area contributed by atoms with E-state index < -0.39 is 11.9 Å². The lowest BCUT2D eigenvalue weighted by Gasteiger charge is -2.30. The van der Waals surface area contributed by atoms with Crippen LogP contribution in [0.3, 0.4) is 0 Å². The van der Waals surface area contributed by atoms with Crippen molar-refractivity contribution in [2.24, 2.45) is 5.41 Å². The van der Waals surface area contributed by atoms with Crippen molar-refractivity contribution in [1.29, 1.82) is 0 Å². The molecule has 19 heavy (non-hydrogen) atoms. The highest BCUT2D eigenvalue weighted by Gasteiger charge is 2.35. The van der Waals surface area contributed by atoms with E-state index >= 15 is 0 Å². The Morgan fingerprint density at radius 2 is 1.89 bits per heavy atom. The van der Waals surface area contributed by atoms with Crippen LogP contribution in [-0.4, -0.2) is 27.5 Å². The monoisotopic (exact) mass is 275 g/mol. The number of imidazole rings is 1. The summed E-state index contributed by atoms with van der Waals surface area (Å²) in [6.45, 7) is 9.28. The molecular formula is C13H20F3N3. The third-order valence-electron chi connectivity index (χ3n) is 3.35. The van der Waals surface area contributed by atoms with Gasteiger partial charge >= 0.3 is 6.18 Å². The summed E-state index contributed by atoms with van der Waals surface area (Å²) in [5.74, 6) is 0.521. The van der Waals surface area contributed by atoms with Gasteiger partial charge in [0.2, 0.25) is 0 Å². The van der Waals surface area contributed by atoms with Gasteiger partial charge in [-0.15, -0.1) is 0 Å². The summed E-state index contributed by atoms with van der Waals surface area (Å²) in [5, 5.41) is 0. The van der Waals surface area contributed by atoms with Gasteiger partial charge < -0.3 is 4.57 Å². The Bertz CT molecular complexity index is 443. The lowest BCUT2D eigenvalue weighted by Crippen LogP contribution is -2.35. The molecule has 1 aliphatic rings. The highest BCUT2D eigenvalue weighted by atomic mass is 19.4. The molecule has 0 fully saturated rings. The van der Waals surface area contributed by atoms with Crippen LogP contribution >= 0.6 is 0 Å². The Morgan fingerprint density at radius 1 is 1.21 bits per heavy atom. The topological polar surface area (TPSA) is 21.1 Å². The molecule has 0 N–H and O–H groups in total. The number of fused-ring (bicyclic) bond motifs is 1. The summed E-state index contributed by atoms with van der Waals surface area (Å²) < 4.78 is 39.4. The van der Waals surface area contributed by atoms with Gasteiger partial charge in [-0.2, -0.15) is 13.2 Å². The first kappa shape index (κ1) is 14.4. The largest absolute Gasteiger partial charge is 0.434 e. The van der Waals surface area contributed by atoms with E-state index in [0.717, 1.165) is 25.7 Å². The zero-order valence-corrected chi connectivity index (χ0v) is 11.6. The van der Waals surface area contributed by atoms with Gasteiger partial charge in [0.15, 0.2) is 5.69 Å². The van der Waals surface area contributed by atoms with E-state index in [1.165, 1.54) is 0 Å². The Labute approximate surface area is 111 Å². The van der Waals surface area contributed by atoms with Crippen LogP contribution < -0.4 is 0 Å². The predicted octanol–water partition coefficient (Wildman–Crippen LogP) is 3.15. The number of nitrogens with zero attached hydrogens (tertiary/aromatic N) is 3. The molecule has 6 heteroatoms. The van der Waals surface area contributed by atoms with Crippen molar-refractivity contribution < 1.29 is 13.2 Å². The molecule has 0 aliphatic carbocycles. The molecule has 0 amide bonds. The van der Waals surface area contributed by atoms with Gasteiger partial charge in [-0.3, -0.25) is 4.90 Å². The maximum absolute atomic E-state index is 12.6. The molecule has 1 aliphatic heterocycles. The van der Waals surface area contributed by atoms with E-state index in [1.54, 1.807) is 4.57 Å². The molecule has 0 aromatic carbocycles. The van der Waals surface area contributed by atoms with Crippen molar-refractivity contribution in [3.8, 4) is 0 Å². The predicted molar refractivity (Wildman–Crippen MR) is 66.6 cm³/mol. The van der Waals surface area contributed by atoms with Crippen LogP contribution in [0, 0.1) is 5.41 Å². The van der Waals surface area contributed by atoms with Gasteiger partial charge in [-0.25, -0.2) is 4.98 Å². The minimum atomic E-state index is -4.35. The molecule has 0 radical (unpaired) electrons. The van der Waals surface area contributed by atoms with Gasteiger partial charge in [-0.05, 0) is 18.4 Å². The SMILES string of the molecule is CC(C)(C)CCN1CCn2cc(C(F)(F)F)nc2C1. The fourth-order valence-electron chi connectivity index (χ4n) is 2.12. The van der Waals surface area contributed by atoms with Gasteiger partial charge in [0.05, 0.1) is 6.54 Å². The maximum Gasteiger partial charge on any atom is 0.434 e. The Balaban J connectivity index is 2.02. The highest BCUT2D eigenvalue weighted by molar-refractivity contribution is 5.09. The summed E-state index contributed by atoms with van der Waals surface area (Å²) in [5.41, 5.74) is -0.538. The van der Waals surface area contributed by atoms with E-state index in [2.05, 4.69) is 30.7 Å². The van der Waals surface area contributed by atoms with Crippen molar-refractivity contribution in [2.75, 3.05) is 13.1 Å². The fourth-order valence-corrected chi connectivity index (χ4v) is 2.12. The van der Waals surface area contributed by atoms with Crippen LogP contribution in [0.1, 0.15) is 38.7 Å². The highest BCUT2D eigenvalue weighted by Crippen LogP contribution is 2.29. The molecule has 0 saturated heterocycles. The third-order valence-corrected chi connectivity index (χ3v) is 3.35. The minimum absolute atomic E-state index is 0.240. The van der Waals surface area contributed by atoms with Gasteiger partial charge in [0.25, 0.3) is 0 Å². The van der Waals surface area contributed by atoms with E-state index in [4.69, 9.17) is 0 Å². The number of hydrogen-bond acceptors (Lipinski definition) is 2. The first-order chi connectivity index (χ1) is 8.65. The third kappa shape index (κ3) is 3.72. The molecule has 0 spiro atoms. The zero-order chi connectivity index (χ0) is 14.3. The van der Waals surface area contributed by atoms with Gasteiger partial charge in [0, 0.05) is 19.3 Å². The minimum Gasteiger partial charge on any atom is -0.332 e. The summed E-state index contributed by atoms with van der Waals surface area (Å²) in [6, 6.07) is 0. The van der Waals surface area contributed by atoms with Crippen LogP contribution in [0.5, 0.6) is 0 Å². The van der Waals surface area contributed by atoms with Gasteiger partial charge in [-0.1, -0.05) is 20.8 Å². The number of halogens is 3. The van der Waals surface area contributed by atoms with Crippen molar-refractivity contribution in [1.82, 2.24) is 14.5 Å². The van der Waals surface area contributed by atoms with Crippen molar-refractivity contribution in [2.45, 2.75) is 46.5 Å². The lowest BCUT2D eigenvalue weighted by molar-refractivity contribution is -0.141. The molecule has 2 heterocycles. The summed E-state index contributed by atoms with van der Waals surface area (Å²) in [6.07, 6.45) is -2.20. The van der Waals surface area contributed by atoms with Crippen LogP contribution in [0.25, 0.3) is 0 Å². The van der Waals surface area contributed by atoms with Crippen molar-refractivity contribution >= 4 is 0 Å². The molecule has 108 valence electrons. The Kier molecular flexibility index (Phi) is 3.64. The summed E-state index contributed by atoms with van der Waals surface area (Å²) in [4.78, 5) is 5.89. The van der Waals surface area contributed by atoms with Crippen molar-refractivity contribution in [3.63, 3.8) is 0 Å². The Hall–Kier alpha value is -1.04. The molecule has 0 unspecified atom stereocenters. The number of aromatic nitrogens is 2. The van der Waals surface area contributed by atoms with E-state index in [9.17, 15) is 13.2 Å².